The van der Waals surface area contributed by atoms with Crippen LogP contribution in [-0.4, -0.2) is 16.8 Å². The summed E-state index contributed by atoms with van der Waals surface area (Å²) in [4.78, 5) is 0. The van der Waals surface area contributed by atoms with Crippen LogP contribution in [-0.2, 0) is 0 Å². The van der Waals surface area contributed by atoms with E-state index in [1.54, 1.807) is 0 Å². The van der Waals surface area contributed by atoms with Crippen LogP contribution in [0.1, 0.15) is 11.6 Å². The molecule has 0 heterocycles. The van der Waals surface area contributed by atoms with Crippen molar-refractivity contribution >= 4 is 11.6 Å². The number of benzene rings is 1. The van der Waals surface area contributed by atoms with Crippen LogP contribution in [0.3, 0.4) is 0 Å². The highest BCUT2D eigenvalue weighted by molar-refractivity contribution is 6.32. The molecular weight excluding hydrogens is 197 g/mol. The Kier molecular flexibility index (Phi) is 3.08. The lowest BCUT2D eigenvalue weighted by molar-refractivity contribution is 0.267. The lowest BCUT2D eigenvalue weighted by Gasteiger charge is -2.09. The van der Waals surface area contributed by atoms with Crippen molar-refractivity contribution in [2.75, 3.05) is 6.61 Å². The predicted octanol–water partition coefficient (Wildman–Crippen LogP) is 1.18. The third-order valence-corrected chi connectivity index (χ3v) is 1.95. The van der Waals surface area contributed by atoms with E-state index in [9.17, 15) is 4.39 Å². The van der Waals surface area contributed by atoms with E-state index >= 15 is 0 Å². The van der Waals surface area contributed by atoms with Crippen LogP contribution in [0.15, 0.2) is 12.1 Å². The molecule has 1 aromatic carbocycles. The van der Waals surface area contributed by atoms with Crippen molar-refractivity contribution in [3.63, 3.8) is 0 Å². The van der Waals surface area contributed by atoms with Gasteiger partial charge < -0.3 is 15.9 Å². The average molecular weight is 206 g/mol. The fraction of sp³-hybridized carbons (Fsp3) is 0.250. The van der Waals surface area contributed by atoms with Crippen molar-refractivity contribution in [1.82, 2.24) is 0 Å². The van der Waals surface area contributed by atoms with Gasteiger partial charge in [0.05, 0.1) is 17.7 Å². The van der Waals surface area contributed by atoms with Crippen LogP contribution in [0.5, 0.6) is 5.75 Å². The molecular formula is C8H9ClFNO2. The first-order chi connectivity index (χ1) is 6.06. The van der Waals surface area contributed by atoms with Crippen molar-refractivity contribution < 1.29 is 14.6 Å². The zero-order valence-corrected chi connectivity index (χ0v) is 7.42. The molecule has 0 aromatic heterocycles. The number of hydrogen-bond donors (Lipinski definition) is 3. The Bertz CT molecular complexity index is 296. The molecule has 0 aliphatic heterocycles. The first kappa shape index (κ1) is 10.2. The summed E-state index contributed by atoms with van der Waals surface area (Å²) in [7, 11) is 0. The number of halogens is 2. The second kappa shape index (κ2) is 3.91. The van der Waals surface area contributed by atoms with Gasteiger partial charge in [-0.3, -0.25) is 0 Å². The van der Waals surface area contributed by atoms with Gasteiger partial charge in [0.1, 0.15) is 0 Å². The molecule has 0 aliphatic carbocycles. The van der Waals surface area contributed by atoms with E-state index < -0.39 is 17.6 Å². The molecule has 0 saturated heterocycles. The number of nitrogens with two attached hydrogens (primary N) is 1. The van der Waals surface area contributed by atoms with E-state index in [1.807, 2.05) is 0 Å². The standard InChI is InChI=1S/C8H9ClFNO2/c9-5-1-4(7(11)3-12)2-6(10)8(5)13/h1-2,7,12-13H,3,11H2/t7-/m0/s1. The van der Waals surface area contributed by atoms with E-state index in [1.165, 1.54) is 6.07 Å². The maximum atomic E-state index is 12.9. The second-order valence-electron chi connectivity index (χ2n) is 2.62. The molecule has 0 saturated carbocycles. The quantitative estimate of drug-likeness (QED) is 0.679. The molecule has 0 amide bonds. The second-order valence-corrected chi connectivity index (χ2v) is 3.03. The highest BCUT2D eigenvalue weighted by Crippen LogP contribution is 2.29. The summed E-state index contributed by atoms with van der Waals surface area (Å²) < 4.78 is 12.9. The molecule has 0 aliphatic rings. The molecule has 4 N–H and O–H groups in total. The largest absolute Gasteiger partial charge is 0.504 e. The Balaban J connectivity index is 3.13. The Morgan fingerprint density at radius 1 is 1.54 bits per heavy atom. The van der Waals surface area contributed by atoms with Gasteiger partial charge in [-0.05, 0) is 17.7 Å². The van der Waals surface area contributed by atoms with E-state index in [-0.39, 0.29) is 11.6 Å². The van der Waals surface area contributed by atoms with Gasteiger partial charge in [-0.1, -0.05) is 11.6 Å². The number of phenolic OH excluding ortho intramolecular Hbond substituents is 1. The van der Waals surface area contributed by atoms with Crippen molar-refractivity contribution in [1.29, 1.82) is 0 Å². The first-order valence-electron chi connectivity index (χ1n) is 3.60. The molecule has 1 aromatic rings. The van der Waals surface area contributed by atoms with Crippen LogP contribution >= 0.6 is 11.6 Å². The lowest BCUT2D eigenvalue weighted by atomic mass is 10.1. The average Bonchev–Trinajstić information content (AvgIpc) is 2.12. The summed E-state index contributed by atoms with van der Waals surface area (Å²) in [6.45, 7) is -0.305. The van der Waals surface area contributed by atoms with Crippen LogP contribution in [0.2, 0.25) is 5.02 Å². The van der Waals surface area contributed by atoms with Crippen LogP contribution in [0, 0.1) is 5.82 Å². The van der Waals surface area contributed by atoms with Crippen molar-refractivity contribution in [3.05, 3.63) is 28.5 Å². The molecule has 1 atom stereocenters. The van der Waals surface area contributed by atoms with Crippen LogP contribution in [0.4, 0.5) is 4.39 Å². The summed E-state index contributed by atoms with van der Waals surface area (Å²) in [5, 5.41) is 17.5. The maximum absolute atomic E-state index is 12.9. The zero-order valence-electron chi connectivity index (χ0n) is 6.67. The van der Waals surface area contributed by atoms with Crippen molar-refractivity contribution in [2.24, 2.45) is 5.73 Å². The number of hydrogen-bond acceptors (Lipinski definition) is 3. The number of aromatic hydroxyl groups is 1. The normalized spacial score (nSPS) is 12.9. The monoisotopic (exact) mass is 205 g/mol. The minimum atomic E-state index is -0.841. The zero-order chi connectivity index (χ0) is 10.0. The molecule has 13 heavy (non-hydrogen) atoms. The van der Waals surface area contributed by atoms with Gasteiger partial charge >= 0.3 is 0 Å². The van der Waals surface area contributed by atoms with E-state index in [4.69, 9.17) is 27.5 Å². The van der Waals surface area contributed by atoms with Gasteiger partial charge in [0.25, 0.3) is 0 Å². The topological polar surface area (TPSA) is 66.5 Å². The molecule has 5 heteroatoms. The van der Waals surface area contributed by atoms with Crippen LogP contribution in [0.25, 0.3) is 0 Å². The van der Waals surface area contributed by atoms with E-state index in [0.29, 0.717) is 5.56 Å². The van der Waals surface area contributed by atoms with Gasteiger partial charge in [0, 0.05) is 0 Å². The molecule has 0 unspecified atom stereocenters. The molecule has 72 valence electrons. The van der Waals surface area contributed by atoms with Gasteiger partial charge in [0.15, 0.2) is 11.6 Å². The minimum Gasteiger partial charge on any atom is -0.504 e. The number of aliphatic hydroxyl groups excluding tert-OH is 1. The number of phenols is 1. The van der Waals surface area contributed by atoms with E-state index in [0.717, 1.165) is 6.07 Å². The summed E-state index contributed by atoms with van der Waals surface area (Å²) in [6, 6.07) is 1.68. The Morgan fingerprint density at radius 2 is 2.15 bits per heavy atom. The summed E-state index contributed by atoms with van der Waals surface area (Å²) >= 11 is 5.49. The maximum Gasteiger partial charge on any atom is 0.170 e. The number of aliphatic hydroxyl groups is 1. The Morgan fingerprint density at radius 3 is 2.62 bits per heavy atom. The summed E-state index contributed by atoms with van der Waals surface area (Å²) in [5.74, 6) is -1.44. The Labute approximate surface area is 79.6 Å². The third kappa shape index (κ3) is 2.09. The fourth-order valence-corrected chi connectivity index (χ4v) is 1.12. The van der Waals surface area contributed by atoms with Gasteiger partial charge in [-0.15, -0.1) is 0 Å². The first-order valence-corrected chi connectivity index (χ1v) is 3.98. The Hall–Kier alpha value is -0.840. The molecule has 0 radical (unpaired) electrons. The van der Waals surface area contributed by atoms with Crippen molar-refractivity contribution in [2.45, 2.75) is 6.04 Å². The highest BCUT2D eigenvalue weighted by atomic mass is 35.5. The lowest BCUT2D eigenvalue weighted by Crippen LogP contribution is -2.14. The third-order valence-electron chi connectivity index (χ3n) is 1.66. The van der Waals surface area contributed by atoms with Gasteiger partial charge in [0.2, 0.25) is 0 Å². The summed E-state index contributed by atoms with van der Waals surface area (Å²) in [5.41, 5.74) is 5.77. The summed E-state index contributed by atoms with van der Waals surface area (Å²) in [6.07, 6.45) is 0. The molecule has 3 nitrogen and oxygen atoms in total. The molecule has 0 bridgehead atoms. The highest BCUT2D eigenvalue weighted by Gasteiger charge is 2.11. The SMILES string of the molecule is N[C@@H](CO)c1cc(F)c(O)c(Cl)c1. The molecule has 0 fully saturated rings. The van der Waals surface area contributed by atoms with Crippen LogP contribution < -0.4 is 5.73 Å². The van der Waals surface area contributed by atoms with Gasteiger partial charge in [-0.2, -0.15) is 0 Å². The number of rotatable bonds is 2. The van der Waals surface area contributed by atoms with Crippen molar-refractivity contribution in [3.8, 4) is 5.75 Å². The fourth-order valence-electron chi connectivity index (χ4n) is 0.905. The smallest absolute Gasteiger partial charge is 0.170 e. The van der Waals surface area contributed by atoms with Gasteiger partial charge in [-0.25, -0.2) is 4.39 Å². The van der Waals surface area contributed by atoms with E-state index in [2.05, 4.69) is 0 Å². The molecule has 0 spiro atoms. The molecule has 1 rings (SSSR count). The minimum absolute atomic E-state index is 0.112. The predicted molar refractivity (Wildman–Crippen MR) is 47.1 cm³/mol.